The van der Waals surface area contributed by atoms with Crippen molar-refractivity contribution in [3.05, 3.63) is 27.7 Å². The van der Waals surface area contributed by atoms with E-state index in [1.807, 2.05) is 0 Å². The number of rotatable bonds is 2. The number of nitrogens with one attached hydrogen (secondary N) is 1. The van der Waals surface area contributed by atoms with Gasteiger partial charge in [-0.25, -0.2) is 0 Å². The second-order valence-electron chi connectivity index (χ2n) is 5.61. The first-order chi connectivity index (χ1) is 8.66. The Balaban J connectivity index is 2.03. The zero-order valence-electron chi connectivity index (χ0n) is 11.6. The third kappa shape index (κ3) is 3.74. The highest BCUT2D eigenvalue weighted by Gasteiger charge is 2.12. The molecule has 1 aromatic rings. The summed E-state index contributed by atoms with van der Waals surface area (Å²) in [6.45, 7) is 4.33. The van der Waals surface area contributed by atoms with Crippen LogP contribution < -0.4 is 5.32 Å². The van der Waals surface area contributed by atoms with Crippen molar-refractivity contribution < 1.29 is 0 Å². The molecule has 0 amide bonds. The van der Waals surface area contributed by atoms with Gasteiger partial charge in [0.05, 0.1) is 0 Å². The standard InChI is InChI=1S/C16H24BrN/c1-12-10-15(11-13(2)16(12)17)18-14-8-6-4-3-5-7-9-14/h10-11,14,18H,3-9H2,1-2H3. The Morgan fingerprint density at radius 3 is 2.00 bits per heavy atom. The average molecular weight is 310 g/mol. The van der Waals surface area contributed by atoms with Gasteiger partial charge in [0, 0.05) is 16.2 Å². The van der Waals surface area contributed by atoms with Crippen LogP contribution in [0.5, 0.6) is 0 Å². The van der Waals surface area contributed by atoms with Crippen LogP contribution in [0.15, 0.2) is 16.6 Å². The third-order valence-corrected chi connectivity index (χ3v) is 5.16. The van der Waals surface area contributed by atoms with Crippen LogP contribution in [0.2, 0.25) is 0 Å². The van der Waals surface area contributed by atoms with Crippen molar-refractivity contribution in [2.45, 2.75) is 64.8 Å². The molecule has 0 aliphatic heterocycles. The van der Waals surface area contributed by atoms with Gasteiger partial charge < -0.3 is 5.32 Å². The fourth-order valence-corrected chi connectivity index (χ4v) is 3.09. The normalized spacial score (nSPS) is 18.2. The van der Waals surface area contributed by atoms with E-state index in [1.54, 1.807) is 0 Å². The molecule has 1 fully saturated rings. The first-order valence-electron chi connectivity index (χ1n) is 7.20. The Bertz CT molecular complexity index is 369. The Kier molecular flexibility index (Phi) is 5.11. The minimum Gasteiger partial charge on any atom is -0.382 e. The number of benzene rings is 1. The molecule has 0 unspecified atom stereocenters. The van der Waals surface area contributed by atoms with E-state index in [1.165, 1.54) is 66.2 Å². The number of hydrogen-bond acceptors (Lipinski definition) is 1. The molecule has 1 aliphatic rings. The van der Waals surface area contributed by atoms with Crippen LogP contribution in [0.3, 0.4) is 0 Å². The van der Waals surface area contributed by atoms with Crippen LogP contribution in [-0.4, -0.2) is 6.04 Å². The predicted octanol–water partition coefficient (Wildman–Crippen LogP) is 5.59. The highest BCUT2D eigenvalue weighted by atomic mass is 79.9. The summed E-state index contributed by atoms with van der Waals surface area (Å²) in [6.07, 6.45) is 9.68. The van der Waals surface area contributed by atoms with Gasteiger partial charge in [0.15, 0.2) is 0 Å². The molecule has 0 heterocycles. The lowest BCUT2D eigenvalue weighted by atomic mass is 9.96. The van der Waals surface area contributed by atoms with Gasteiger partial charge in [0.25, 0.3) is 0 Å². The summed E-state index contributed by atoms with van der Waals surface area (Å²) >= 11 is 3.63. The molecule has 0 aromatic heterocycles. The van der Waals surface area contributed by atoms with Gasteiger partial charge in [-0.3, -0.25) is 0 Å². The van der Waals surface area contributed by atoms with E-state index >= 15 is 0 Å². The summed E-state index contributed by atoms with van der Waals surface area (Å²) in [5.41, 5.74) is 3.94. The highest BCUT2D eigenvalue weighted by Crippen LogP contribution is 2.27. The van der Waals surface area contributed by atoms with Gasteiger partial charge in [-0.05, 0) is 49.9 Å². The van der Waals surface area contributed by atoms with Crippen molar-refractivity contribution in [3.8, 4) is 0 Å². The van der Waals surface area contributed by atoms with E-state index in [2.05, 4.69) is 47.2 Å². The van der Waals surface area contributed by atoms with E-state index in [0.717, 1.165) is 0 Å². The summed E-state index contributed by atoms with van der Waals surface area (Å²) in [5, 5.41) is 3.74. The molecule has 1 aliphatic carbocycles. The largest absolute Gasteiger partial charge is 0.382 e. The Morgan fingerprint density at radius 1 is 0.944 bits per heavy atom. The minimum atomic E-state index is 0.672. The molecule has 1 saturated carbocycles. The summed E-state index contributed by atoms with van der Waals surface area (Å²) in [4.78, 5) is 0. The van der Waals surface area contributed by atoms with Gasteiger partial charge in [0.1, 0.15) is 0 Å². The second kappa shape index (κ2) is 6.60. The lowest BCUT2D eigenvalue weighted by Crippen LogP contribution is -2.20. The summed E-state index contributed by atoms with van der Waals surface area (Å²) in [7, 11) is 0. The minimum absolute atomic E-state index is 0.672. The lowest BCUT2D eigenvalue weighted by molar-refractivity contribution is 0.471. The van der Waals surface area contributed by atoms with Crippen molar-refractivity contribution in [3.63, 3.8) is 0 Å². The van der Waals surface area contributed by atoms with Crippen LogP contribution >= 0.6 is 15.9 Å². The molecular weight excluding hydrogens is 286 g/mol. The maximum Gasteiger partial charge on any atom is 0.0348 e. The van der Waals surface area contributed by atoms with E-state index in [9.17, 15) is 0 Å². The molecule has 0 bridgehead atoms. The molecule has 1 aromatic carbocycles. The highest BCUT2D eigenvalue weighted by molar-refractivity contribution is 9.10. The Hall–Kier alpha value is -0.500. The zero-order valence-corrected chi connectivity index (χ0v) is 13.1. The van der Waals surface area contributed by atoms with Gasteiger partial charge in [-0.1, -0.05) is 48.0 Å². The Morgan fingerprint density at radius 2 is 1.44 bits per heavy atom. The van der Waals surface area contributed by atoms with Crippen molar-refractivity contribution in [2.75, 3.05) is 5.32 Å². The van der Waals surface area contributed by atoms with E-state index in [-0.39, 0.29) is 0 Å². The van der Waals surface area contributed by atoms with Crippen molar-refractivity contribution >= 4 is 21.6 Å². The predicted molar refractivity (Wildman–Crippen MR) is 83.3 cm³/mol. The fraction of sp³-hybridized carbons (Fsp3) is 0.625. The second-order valence-corrected chi connectivity index (χ2v) is 6.40. The average Bonchev–Trinajstić information content (AvgIpc) is 2.29. The molecular formula is C16H24BrN. The maximum absolute atomic E-state index is 3.74. The summed E-state index contributed by atoms with van der Waals surface area (Å²) in [6, 6.07) is 5.19. The maximum atomic E-state index is 3.74. The number of anilines is 1. The van der Waals surface area contributed by atoms with Gasteiger partial charge in [-0.15, -0.1) is 0 Å². The van der Waals surface area contributed by atoms with Crippen LogP contribution in [-0.2, 0) is 0 Å². The lowest BCUT2D eigenvalue weighted by Gasteiger charge is -2.23. The van der Waals surface area contributed by atoms with Crippen LogP contribution in [0, 0.1) is 13.8 Å². The molecule has 18 heavy (non-hydrogen) atoms. The first kappa shape index (κ1) is 13.9. The van der Waals surface area contributed by atoms with E-state index in [0.29, 0.717) is 6.04 Å². The molecule has 1 nitrogen and oxygen atoms in total. The molecule has 2 rings (SSSR count). The van der Waals surface area contributed by atoms with Gasteiger partial charge in [-0.2, -0.15) is 0 Å². The first-order valence-corrected chi connectivity index (χ1v) is 7.99. The molecule has 1 N–H and O–H groups in total. The van der Waals surface area contributed by atoms with Gasteiger partial charge in [0.2, 0.25) is 0 Å². The van der Waals surface area contributed by atoms with Gasteiger partial charge >= 0.3 is 0 Å². The van der Waals surface area contributed by atoms with Crippen molar-refractivity contribution in [1.82, 2.24) is 0 Å². The van der Waals surface area contributed by atoms with Crippen molar-refractivity contribution in [2.24, 2.45) is 0 Å². The van der Waals surface area contributed by atoms with E-state index < -0.39 is 0 Å². The van der Waals surface area contributed by atoms with Crippen LogP contribution in [0.25, 0.3) is 0 Å². The summed E-state index contributed by atoms with van der Waals surface area (Å²) < 4.78 is 1.24. The fourth-order valence-electron chi connectivity index (χ4n) is 2.87. The van der Waals surface area contributed by atoms with Crippen molar-refractivity contribution in [1.29, 1.82) is 0 Å². The molecule has 0 atom stereocenters. The van der Waals surface area contributed by atoms with Crippen LogP contribution in [0.4, 0.5) is 5.69 Å². The molecule has 0 radical (unpaired) electrons. The number of hydrogen-bond donors (Lipinski definition) is 1. The molecule has 0 saturated heterocycles. The number of halogens is 1. The van der Waals surface area contributed by atoms with Crippen LogP contribution in [0.1, 0.15) is 56.1 Å². The Labute approximate surface area is 119 Å². The molecule has 2 heteroatoms. The SMILES string of the molecule is Cc1cc(NC2CCCCCCC2)cc(C)c1Br. The quantitative estimate of drug-likeness (QED) is 0.750. The monoisotopic (exact) mass is 309 g/mol. The zero-order chi connectivity index (χ0) is 13.0. The number of aryl methyl sites for hydroxylation is 2. The molecule has 0 spiro atoms. The summed E-state index contributed by atoms with van der Waals surface area (Å²) in [5.74, 6) is 0. The third-order valence-electron chi connectivity index (χ3n) is 3.91. The smallest absolute Gasteiger partial charge is 0.0348 e. The topological polar surface area (TPSA) is 12.0 Å². The molecule has 100 valence electrons. The van der Waals surface area contributed by atoms with E-state index in [4.69, 9.17) is 0 Å².